The van der Waals surface area contributed by atoms with E-state index in [4.69, 9.17) is 4.74 Å². The number of nitrogens with one attached hydrogen (secondary N) is 1. The number of ether oxygens (including phenoxy) is 1. The van der Waals surface area contributed by atoms with Crippen molar-refractivity contribution in [3.63, 3.8) is 0 Å². The predicted molar refractivity (Wildman–Crippen MR) is 104 cm³/mol. The zero-order valence-corrected chi connectivity index (χ0v) is 15.9. The van der Waals surface area contributed by atoms with E-state index in [2.05, 4.69) is 16.3 Å². The molecule has 2 aliphatic rings. The van der Waals surface area contributed by atoms with Crippen LogP contribution in [-0.4, -0.2) is 55.7 Å². The highest BCUT2D eigenvalue weighted by Gasteiger charge is 2.20. The third kappa shape index (κ3) is 5.49. The molecule has 1 aromatic rings. The Morgan fingerprint density at radius 3 is 2.54 bits per heavy atom. The zero-order valence-electron chi connectivity index (χ0n) is 15.9. The van der Waals surface area contributed by atoms with Gasteiger partial charge in [0, 0.05) is 39.3 Å². The van der Waals surface area contributed by atoms with Crippen molar-refractivity contribution in [1.29, 1.82) is 0 Å². The number of benzene rings is 1. The Hall–Kier alpha value is -2.01. The molecule has 26 heavy (non-hydrogen) atoms. The molecule has 0 unspecified atom stereocenters. The van der Waals surface area contributed by atoms with E-state index in [9.17, 15) is 4.79 Å². The van der Waals surface area contributed by atoms with Gasteiger partial charge in [-0.2, -0.15) is 0 Å². The van der Waals surface area contributed by atoms with Gasteiger partial charge in [0.1, 0.15) is 5.75 Å². The molecule has 0 aromatic heterocycles. The Morgan fingerprint density at radius 2 is 1.88 bits per heavy atom. The van der Waals surface area contributed by atoms with Gasteiger partial charge in [0.25, 0.3) is 0 Å². The number of carbonyl (C=O) groups excluding carboxylic acids is 1. The van der Waals surface area contributed by atoms with Crippen molar-refractivity contribution >= 4 is 6.03 Å². The zero-order chi connectivity index (χ0) is 18.2. The summed E-state index contributed by atoms with van der Waals surface area (Å²) in [5.74, 6) is 0.834. The van der Waals surface area contributed by atoms with Gasteiger partial charge in [-0.25, -0.2) is 4.79 Å². The van der Waals surface area contributed by atoms with E-state index in [0.717, 1.165) is 44.0 Å². The van der Waals surface area contributed by atoms with Crippen LogP contribution in [0.1, 0.15) is 37.7 Å². The number of nitrogens with zero attached hydrogens (tertiary/aromatic N) is 2. The number of methoxy groups -OCH3 is 1. The van der Waals surface area contributed by atoms with Gasteiger partial charge in [-0.1, -0.05) is 23.8 Å². The molecule has 5 heteroatoms. The smallest absolute Gasteiger partial charge is 0.317 e. The highest BCUT2D eigenvalue weighted by Crippen LogP contribution is 2.20. The minimum Gasteiger partial charge on any atom is -0.497 e. The number of hydrogen-bond acceptors (Lipinski definition) is 3. The highest BCUT2D eigenvalue weighted by molar-refractivity contribution is 5.74. The van der Waals surface area contributed by atoms with E-state index < -0.39 is 0 Å². The molecule has 0 spiro atoms. The maximum atomic E-state index is 12.4. The third-order valence-corrected chi connectivity index (χ3v) is 5.40. The maximum Gasteiger partial charge on any atom is 0.317 e. The molecule has 0 saturated carbocycles. The first-order chi connectivity index (χ1) is 12.7. The van der Waals surface area contributed by atoms with Gasteiger partial charge in [0.05, 0.1) is 7.11 Å². The normalized spacial score (nSPS) is 18.3. The van der Waals surface area contributed by atoms with Crippen LogP contribution in [0.2, 0.25) is 0 Å². The lowest BCUT2D eigenvalue weighted by Crippen LogP contribution is -2.51. The van der Waals surface area contributed by atoms with E-state index in [0.29, 0.717) is 6.54 Å². The van der Waals surface area contributed by atoms with Crippen molar-refractivity contribution in [3.8, 4) is 5.75 Å². The Kier molecular flexibility index (Phi) is 6.95. The first-order valence-electron chi connectivity index (χ1n) is 9.80. The molecule has 3 rings (SSSR count). The molecule has 1 aliphatic carbocycles. The van der Waals surface area contributed by atoms with Crippen LogP contribution in [0.5, 0.6) is 5.75 Å². The molecule has 142 valence electrons. The SMILES string of the molecule is COc1ccc(CNC(=O)N2CCN(CCC3=CCCCC3)CC2)cc1. The lowest BCUT2D eigenvalue weighted by molar-refractivity contribution is 0.139. The fourth-order valence-electron chi connectivity index (χ4n) is 3.64. The van der Waals surface area contributed by atoms with Crippen LogP contribution in [0.25, 0.3) is 0 Å². The number of carbonyl (C=O) groups is 1. The van der Waals surface area contributed by atoms with E-state index in [1.807, 2.05) is 29.2 Å². The summed E-state index contributed by atoms with van der Waals surface area (Å²) in [6.45, 7) is 5.26. The fourth-order valence-corrected chi connectivity index (χ4v) is 3.64. The van der Waals surface area contributed by atoms with Crippen LogP contribution < -0.4 is 10.1 Å². The van der Waals surface area contributed by atoms with E-state index in [1.165, 1.54) is 32.1 Å². The largest absolute Gasteiger partial charge is 0.497 e. The molecule has 1 aliphatic heterocycles. The van der Waals surface area contributed by atoms with Gasteiger partial charge in [0.15, 0.2) is 0 Å². The van der Waals surface area contributed by atoms with Gasteiger partial charge in [-0.05, 0) is 49.8 Å². The van der Waals surface area contributed by atoms with Gasteiger partial charge >= 0.3 is 6.03 Å². The molecule has 1 heterocycles. The van der Waals surface area contributed by atoms with Crippen molar-refractivity contribution in [2.24, 2.45) is 0 Å². The number of amides is 2. The summed E-state index contributed by atoms with van der Waals surface area (Å²) in [6.07, 6.45) is 8.89. The summed E-state index contributed by atoms with van der Waals surface area (Å²) in [4.78, 5) is 16.8. The van der Waals surface area contributed by atoms with Gasteiger partial charge in [-0.3, -0.25) is 4.90 Å². The molecule has 2 amide bonds. The number of urea groups is 1. The fraction of sp³-hybridized carbons (Fsp3) is 0.571. The van der Waals surface area contributed by atoms with Crippen molar-refractivity contribution in [1.82, 2.24) is 15.1 Å². The summed E-state index contributed by atoms with van der Waals surface area (Å²) >= 11 is 0. The van der Waals surface area contributed by atoms with Crippen LogP contribution in [0.4, 0.5) is 4.79 Å². The van der Waals surface area contributed by atoms with Crippen molar-refractivity contribution in [2.75, 3.05) is 39.8 Å². The molecule has 1 fully saturated rings. The predicted octanol–water partition coefficient (Wildman–Crippen LogP) is 3.41. The van der Waals surface area contributed by atoms with Crippen LogP contribution in [0.15, 0.2) is 35.9 Å². The minimum atomic E-state index is 0.0375. The monoisotopic (exact) mass is 357 g/mol. The van der Waals surface area contributed by atoms with Crippen molar-refractivity contribution in [2.45, 2.75) is 38.6 Å². The van der Waals surface area contributed by atoms with Crippen LogP contribution >= 0.6 is 0 Å². The van der Waals surface area contributed by atoms with Crippen molar-refractivity contribution in [3.05, 3.63) is 41.5 Å². The van der Waals surface area contributed by atoms with E-state index in [1.54, 1.807) is 12.7 Å². The van der Waals surface area contributed by atoms with Gasteiger partial charge in [0.2, 0.25) is 0 Å². The van der Waals surface area contributed by atoms with Crippen LogP contribution in [0, 0.1) is 0 Å². The number of rotatable bonds is 6. The Balaban J connectivity index is 1.35. The van der Waals surface area contributed by atoms with Gasteiger partial charge in [-0.15, -0.1) is 0 Å². The molecule has 5 nitrogen and oxygen atoms in total. The second-order valence-corrected chi connectivity index (χ2v) is 7.19. The third-order valence-electron chi connectivity index (χ3n) is 5.40. The number of hydrogen-bond donors (Lipinski definition) is 1. The van der Waals surface area contributed by atoms with E-state index in [-0.39, 0.29) is 6.03 Å². The molecule has 1 N–H and O–H groups in total. The second-order valence-electron chi connectivity index (χ2n) is 7.19. The lowest BCUT2D eigenvalue weighted by Gasteiger charge is -2.35. The minimum absolute atomic E-state index is 0.0375. The average Bonchev–Trinajstić information content (AvgIpc) is 2.72. The van der Waals surface area contributed by atoms with E-state index >= 15 is 0 Å². The lowest BCUT2D eigenvalue weighted by atomic mass is 9.97. The molecular formula is C21H31N3O2. The number of piperazine rings is 1. The first kappa shape index (κ1) is 18.8. The molecule has 0 atom stereocenters. The Bertz CT molecular complexity index is 604. The summed E-state index contributed by atoms with van der Waals surface area (Å²) in [7, 11) is 1.66. The van der Waals surface area contributed by atoms with Crippen molar-refractivity contribution < 1.29 is 9.53 Å². The molecule has 0 radical (unpaired) electrons. The summed E-state index contributed by atoms with van der Waals surface area (Å²) in [5, 5.41) is 3.02. The second kappa shape index (κ2) is 9.62. The highest BCUT2D eigenvalue weighted by atomic mass is 16.5. The molecule has 1 aromatic carbocycles. The summed E-state index contributed by atoms with van der Waals surface area (Å²) in [6, 6.07) is 7.84. The summed E-state index contributed by atoms with van der Waals surface area (Å²) in [5.41, 5.74) is 2.72. The molecule has 0 bridgehead atoms. The van der Waals surface area contributed by atoms with Crippen LogP contribution in [0.3, 0.4) is 0 Å². The molecular weight excluding hydrogens is 326 g/mol. The Morgan fingerprint density at radius 1 is 1.12 bits per heavy atom. The standard InChI is InChI=1S/C21H31N3O2/c1-26-20-9-7-19(8-10-20)17-22-21(25)24-15-13-23(14-16-24)12-11-18-5-3-2-4-6-18/h5,7-10H,2-4,6,11-17H2,1H3,(H,22,25). The topological polar surface area (TPSA) is 44.8 Å². The Labute approximate surface area is 157 Å². The van der Waals surface area contributed by atoms with Gasteiger partial charge < -0.3 is 15.0 Å². The maximum absolute atomic E-state index is 12.4. The van der Waals surface area contributed by atoms with Crippen LogP contribution in [-0.2, 0) is 6.54 Å². The quantitative estimate of drug-likeness (QED) is 0.794. The average molecular weight is 357 g/mol. The molecule has 1 saturated heterocycles. The first-order valence-corrected chi connectivity index (χ1v) is 9.80. The number of allylic oxidation sites excluding steroid dienone is 1. The summed E-state index contributed by atoms with van der Waals surface area (Å²) < 4.78 is 5.15.